The van der Waals surface area contributed by atoms with Gasteiger partial charge in [-0.2, -0.15) is 0 Å². The fourth-order valence-corrected chi connectivity index (χ4v) is 8.66. The zero-order chi connectivity index (χ0) is 18.7. The van der Waals surface area contributed by atoms with E-state index in [9.17, 15) is 9.90 Å². The molecule has 0 aromatic heterocycles. The standard InChI is InChI=1S/C24H40O2/c1-15(25)17-10-12-23(3)18(14-17)8-9-19-21-7-5-6-20(16(2)26)24(21,4)13-11-22(19)23/h16-22,26H,5-14H2,1-4H3/t16-,17+,18+,19-,20+,21+,22-,23+,24-/m1/s1. The molecule has 4 fully saturated rings. The molecule has 1 N–H and O–H groups in total. The summed E-state index contributed by atoms with van der Waals surface area (Å²) in [6.45, 7) is 8.95. The molecule has 4 rings (SSSR count). The van der Waals surface area contributed by atoms with Gasteiger partial charge in [0.2, 0.25) is 0 Å². The van der Waals surface area contributed by atoms with Crippen molar-refractivity contribution < 1.29 is 9.90 Å². The predicted molar refractivity (Wildman–Crippen MR) is 106 cm³/mol. The van der Waals surface area contributed by atoms with Gasteiger partial charge in [0.15, 0.2) is 0 Å². The van der Waals surface area contributed by atoms with Gasteiger partial charge in [-0.05, 0) is 112 Å². The number of carbonyl (C=O) groups is 1. The first-order valence-electron chi connectivity index (χ1n) is 11.5. The zero-order valence-corrected chi connectivity index (χ0v) is 17.5. The van der Waals surface area contributed by atoms with Crippen LogP contribution in [0.15, 0.2) is 0 Å². The van der Waals surface area contributed by atoms with Gasteiger partial charge in [-0.25, -0.2) is 0 Å². The lowest BCUT2D eigenvalue weighted by molar-refractivity contribution is -0.160. The first kappa shape index (κ1) is 19.0. The van der Waals surface area contributed by atoms with Gasteiger partial charge >= 0.3 is 0 Å². The summed E-state index contributed by atoms with van der Waals surface area (Å²) < 4.78 is 0. The van der Waals surface area contributed by atoms with E-state index in [0.29, 0.717) is 28.4 Å². The van der Waals surface area contributed by atoms with Crippen LogP contribution in [0, 0.1) is 46.3 Å². The maximum atomic E-state index is 12.0. The first-order valence-corrected chi connectivity index (χ1v) is 11.5. The van der Waals surface area contributed by atoms with Gasteiger partial charge in [0.1, 0.15) is 5.78 Å². The number of aliphatic hydroxyl groups excluding tert-OH is 1. The minimum Gasteiger partial charge on any atom is -0.393 e. The SMILES string of the molecule is CC(=O)[C@H]1CC[C@@]2(C)[C@@H](CC[C@H]3[C@H]2CC[C@@]2(C)[C@H]3CCC[C@H]2[C@@H](C)O)C1. The summed E-state index contributed by atoms with van der Waals surface area (Å²) in [6, 6.07) is 0. The van der Waals surface area contributed by atoms with Gasteiger partial charge in [0, 0.05) is 5.92 Å². The van der Waals surface area contributed by atoms with Crippen molar-refractivity contribution in [2.45, 2.75) is 98.0 Å². The molecule has 4 aliphatic rings. The van der Waals surface area contributed by atoms with E-state index in [4.69, 9.17) is 0 Å². The quantitative estimate of drug-likeness (QED) is 0.694. The van der Waals surface area contributed by atoms with E-state index < -0.39 is 0 Å². The summed E-state index contributed by atoms with van der Waals surface area (Å²) in [7, 11) is 0. The fourth-order valence-electron chi connectivity index (χ4n) is 8.66. The van der Waals surface area contributed by atoms with Crippen molar-refractivity contribution in [3.63, 3.8) is 0 Å². The molecule has 4 saturated carbocycles. The van der Waals surface area contributed by atoms with Gasteiger partial charge in [0.05, 0.1) is 6.10 Å². The van der Waals surface area contributed by atoms with Crippen molar-refractivity contribution in [3.05, 3.63) is 0 Å². The number of Topliss-reactive ketones (excluding diaryl/α,β-unsaturated/α-hetero) is 1. The minimum atomic E-state index is -0.155. The third kappa shape index (κ3) is 2.73. The molecule has 0 aliphatic heterocycles. The summed E-state index contributed by atoms with van der Waals surface area (Å²) in [6.07, 6.45) is 12.7. The molecule has 148 valence electrons. The molecule has 0 heterocycles. The van der Waals surface area contributed by atoms with Crippen LogP contribution in [-0.4, -0.2) is 17.0 Å². The van der Waals surface area contributed by atoms with Crippen LogP contribution < -0.4 is 0 Å². The van der Waals surface area contributed by atoms with Crippen LogP contribution in [0.3, 0.4) is 0 Å². The lowest BCUT2D eigenvalue weighted by atomic mass is 9.41. The summed E-state index contributed by atoms with van der Waals surface area (Å²) in [5, 5.41) is 10.5. The minimum absolute atomic E-state index is 0.155. The predicted octanol–water partition coefficient (Wildman–Crippen LogP) is 5.62. The summed E-state index contributed by atoms with van der Waals surface area (Å²) in [4.78, 5) is 12.0. The van der Waals surface area contributed by atoms with Gasteiger partial charge in [0.25, 0.3) is 0 Å². The third-order valence-corrected chi connectivity index (χ3v) is 10.1. The van der Waals surface area contributed by atoms with E-state index in [0.717, 1.165) is 36.5 Å². The van der Waals surface area contributed by atoms with Crippen LogP contribution >= 0.6 is 0 Å². The van der Waals surface area contributed by atoms with Crippen LogP contribution in [0.25, 0.3) is 0 Å². The summed E-state index contributed by atoms with van der Waals surface area (Å²) in [5.74, 6) is 4.58. The lowest BCUT2D eigenvalue weighted by Crippen LogP contribution is -2.57. The Bertz CT molecular complexity index is 554. The lowest BCUT2D eigenvalue weighted by Gasteiger charge is -2.64. The van der Waals surface area contributed by atoms with Gasteiger partial charge in [-0.15, -0.1) is 0 Å². The first-order chi connectivity index (χ1) is 12.3. The molecule has 2 nitrogen and oxygen atoms in total. The highest BCUT2D eigenvalue weighted by Crippen LogP contribution is 2.67. The smallest absolute Gasteiger partial charge is 0.132 e. The molecule has 9 atom stereocenters. The second-order valence-electron chi connectivity index (χ2n) is 11.1. The number of rotatable bonds is 2. The normalized spacial score (nSPS) is 52.3. The average molecular weight is 361 g/mol. The van der Waals surface area contributed by atoms with Crippen LogP contribution in [0.2, 0.25) is 0 Å². The molecule has 0 bridgehead atoms. The van der Waals surface area contributed by atoms with Crippen LogP contribution in [0.5, 0.6) is 0 Å². The van der Waals surface area contributed by atoms with Gasteiger partial charge in [-0.3, -0.25) is 4.79 Å². The van der Waals surface area contributed by atoms with Gasteiger partial charge in [-0.1, -0.05) is 20.3 Å². The molecule has 0 unspecified atom stereocenters. The topological polar surface area (TPSA) is 37.3 Å². The molecule has 0 amide bonds. The number of hydrogen-bond acceptors (Lipinski definition) is 2. The fraction of sp³-hybridized carbons (Fsp3) is 0.958. The average Bonchev–Trinajstić information content (AvgIpc) is 2.59. The van der Waals surface area contributed by atoms with E-state index in [2.05, 4.69) is 13.8 Å². The number of ketones is 1. The molecule has 0 aromatic carbocycles. The maximum absolute atomic E-state index is 12.0. The highest BCUT2D eigenvalue weighted by Gasteiger charge is 2.59. The second kappa shape index (κ2) is 6.61. The van der Waals surface area contributed by atoms with E-state index in [1.807, 2.05) is 13.8 Å². The molecule has 0 aromatic rings. The number of carbonyl (C=O) groups excluding carboxylic acids is 1. The van der Waals surface area contributed by atoms with E-state index in [1.54, 1.807) is 0 Å². The molecule has 0 saturated heterocycles. The molecule has 0 radical (unpaired) electrons. The second-order valence-corrected chi connectivity index (χ2v) is 11.1. The van der Waals surface area contributed by atoms with Crippen LogP contribution in [-0.2, 0) is 4.79 Å². The Morgan fingerprint density at radius 3 is 2.35 bits per heavy atom. The monoisotopic (exact) mass is 360 g/mol. The van der Waals surface area contributed by atoms with Crippen LogP contribution in [0.4, 0.5) is 0 Å². The Hall–Kier alpha value is -0.370. The van der Waals surface area contributed by atoms with Gasteiger partial charge < -0.3 is 5.11 Å². The Kier molecular flexibility index (Phi) is 4.82. The van der Waals surface area contributed by atoms with Crippen molar-refractivity contribution in [2.24, 2.45) is 46.3 Å². The van der Waals surface area contributed by atoms with Crippen molar-refractivity contribution in [2.75, 3.05) is 0 Å². The highest BCUT2D eigenvalue weighted by molar-refractivity contribution is 5.78. The van der Waals surface area contributed by atoms with E-state index >= 15 is 0 Å². The molecular weight excluding hydrogens is 320 g/mol. The summed E-state index contributed by atoms with van der Waals surface area (Å²) >= 11 is 0. The third-order valence-electron chi connectivity index (χ3n) is 10.1. The Labute approximate surface area is 160 Å². The number of hydrogen-bond donors (Lipinski definition) is 1. The van der Waals surface area contributed by atoms with Crippen LogP contribution in [0.1, 0.15) is 91.9 Å². The van der Waals surface area contributed by atoms with Crippen molar-refractivity contribution in [1.82, 2.24) is 0 Å². The number of aliphatic hydroxyl groups is 1. The molecule has 0 spiro atoms. The largest absolute Gasteiger partial charge is 0.393 e. The highest BCUT2D eigenvalue weighted by atomic mass is 16.3. The molecule has 26 heavy (non-hydrogen) atoms. The van der Waals surface area contributed by atoms with E-state index in [-0.39, 0.29) is 6.10 Å². The zero-order valence-electron chi connectivity index (χ0n) is 17.5. The van der Waals surface area contributed by atoms with Crippen molar-refractivity contribution in [3.8, 4) is 0 Å². The molecule has 2 heteroatoms. The maximum Gasteiger partial charge on any atom is 0.132 e. The Morgan fingerprint density at radius 1 is 0.962 bits per heavy atom. The number of fused-ring (bicyclic) bond motifs is 5. The van der Waals surface area contributed by atoms with Crippen molar-refractivity contribution in [1.29, 1.82) is 0 Å². The molecular formula is C24H40O2. The van der Waals surface area contributed by atoms with E-state index in [1.165, 1.54) is 51.4 Å². The van der Waals surface area contributed by atoms with Crippen molar-refractivity contribution >= 4 is 5.78 Å². The Morgan fingerprint density at radius 2 is 1.65 bits per heavy atom. The summed E-state index contributed by atoms with van der Waals surface area (Å²) in [5.41, 5.74) is 0.821. The molecule has 4 aliphatic carbocycles. The Balaban J connectivity index is 1.58.